The van der Waals surface area contributed by atoms with Crippen molar-refractivity contribution in [2.24, 2.45) is 0 Å². The quantitative estimate of drug-likeness (QED) is 0.455. The van der Waals surface area contributed by atoms with Crippen molar-refractivity contribution in [2.45, 2.75) is 30.6 Å². The normalized spacial score (nSPS) is 12.5. The molecule has 0 bridgehead atoms. The van der Waals surface area contributed by atoms with Gasteiger partial charge in [-0.05, 0) is 35.7 Å². The number of carbonyl (C=O) groups excluding carboxylic acids is 1. The van der Waals surface area contributed by atoms with E-state index in [1.165, 1.54) is 29.0 Å². The van der Waals surface area contributed by atoms with Gasteiger partial charge in [0.05, 0.1) is 4.90 Å². The average Bonchev–Trinajstić information content (AvgIpc) is 3.15. The minimum Gasteiger partial charge on any atom is -0.300 e. The maximum absolute atomic E-state index is 12.2. The van der Waals surface area contributed by atoms with E-state index in [9.17, 15) is 13.2 Å². The fourth-order valence-electron chi connectivity index (χ4n) is 2.73. The number of hydrogen-bond donors (Lipinski definition) is 2. The van der Waals surface area contributed by atoms with Gasteiger partial charge in [0.15, 0.2) is 0 Å². The molecular weight excluding hydrogens is 488 g/mol. The number of halogens is 1. The lowest BCUT2D eigenvalue weighted by Crippen LogP contribution is -2.27. The third kappa shape index (κ3) is 6.43. The zero-order valence-electron chi connectivity index (χ0n) is 16.2. The molecule has 3 rings (SSSR count). The molecule has 0 radical (unpaired) electrons. The van der Waals surface area contributed by atoms with Crippen LogP contribution in [0.25, 0.3) is 0 Å². The second-order valence-electron chi connectivity index (χ2n) is 6.67. The molecule has 30 heavy (non-hydrogen) atoms. The number of aromatic nitrogens is 2. The highest BCUT2D eigenvalue weighted by atomic mass is 79.9. The molecule has 1 heterocycles. The Balaban J connectivity index is 1.47. The van der Waals surface area contributed by atoms with Gasteiger partial charge >= 0.3 is 0 Å². The van der Waals surface area contributed by atoms with Crippen LogP contribution in [0.2, 0.25) is 0 Å². The lowest BCUT2D eigenvalue weighted by molar-refractivity contribution is -0.116. The predicted molar refractivity (Wildman–Crippen MR) is 121 cm³/mol. The largest absolute Gasteiger partial charge is 0.300 e. The van der Waals surface area contributed by atoms with Gasteiger partial charge in [0.1, 0.15) is 5.01 Å². The van der Waals surface area contributed by atoms with E-state index in [1.807, 2.05) is 18.2 Å². The van der Waals surface area contributed by atoms with Gasteiger partial charge in [-0.1, -0.05) is 64.5 Å². The summed E-state index contributed by atoms with van der Waals surface area (Å²) in [6, 6.07) is 16.4. The molecule has 0 saturated carbocycles. The summed E-state index contributed by atoms with van der Waals surface area (Å²) in [4.78, 5) is 12.3. The molecule has 1 aromatic heterocycles. The fourth-order valence-corrected chi connectivity index (χ4v) is 4.91. The SMILES string of the molecule is CC(Cc1nnc(NC(=O)CCNS(=O)(=O)c2ccc(Br)cc2)s1)c1ccccc1. The summed E-state index contributed by atoms with van der Waals surface area (Å²) in [5.41, 5.74) is 1.22. The predicted octanol–water partition coefficient (Wildman–Crippen LogP) is 3.95. The lowest BCUT2D eigenvalue weighted by atomic mass is 9.98. The summed E-state index contributed by atoms with van der Waals surface area (Å²) in [5, 5.41) is 12.1. The summed E-state index contributed by atoms with van der Waals surface area (Å²) < 4.78 is 27.7. The number of rotatable bonds is 9. The average molecular weight is 509 g/mol. The second kappa shape index (κ2) is 10.3. The molecule has 2 aromatic carbocycles. The van der Waals surface area contributed by atoms with E-state index in [4.69, 9.17) is 0 Å². The summed E-state index contributed by atoms with van der Waals surface area (Å²) in [6.07, 6.45) is 0.718. The zero-order chi connectivity index (χ0) is 21.6. The maximum atomic E-state index is 12.2. The van der Waals surface area contributed by atoms with E-state index >= 15 is 0 Å². The first kappa shape index (κ1) is 22.5. The number of hydrogen-bond acceptors (Lipinski definition) is 6. The molecule has 0 aliphatic carbocycles. The summed E-state index contributed by atoms with van der Waals surface area (Å²) in [6.45, 7) is 2.10. The summed E-state index contributed by atoms with van der Waals surface area (Å²) >= 11 is 4.59. The van der Waals surface area contributed by atoms with E-state index in [2.05, 4.69) is 55.2 Å². The molecule has 10 heteroatoms. The van der Waals surface area contributed by atoms with Gasteiger partial charge in [-0.25, -0.2) is 13.1 Å². The Morgan fingerprint density at radius 3 is 2.50 bits per heavy atom. The Hall–Kier alpha value is -2.14. The van der Waals surface area contributed by atoms with Crippen LogP contribution >= 0.6 is 27.3 Å². The molecule has 1 atom stereocenters. The van der Waals surface area contributed by atoms with Gasteiger partial charge < -0.3 is 5.32 Å². The molecular formula is C20H21BrN4O3S2. The van der Waals surface area contributed by atoms with Gasteiger partial charge in [-0.15, -0.1) is 10.2 Å². The van der Waals surface area contributed by atoms with Crippen LogP contribution in [0.3, 0.4) is 0 Å². The summed E-state index contributed by atoms with van der Waals surface area (Å²) in [7, 11) is -3.66. The Labute approximate surface area is 188 Å². The molecule has 7 nitrogen and oxygen atoms in total. The number of carbonyl (C=O) groups is 1. The highest BCUT2D eigenvalue weighted by Gasteiger charge is 2.15. The Morgan fingerprint density at radius 2 is 1.80 bits per heavy atom. The zero-order valence-corrected chi connectivity index (χ0v) is 19.4. The molecule has 1 unspecified atom stereocenters. The fraction of sp³-hybridized carbons (Fsp3) is 0.250. The highest BCUT2D eigenvalue weighted by Crippen LogP contribution is 2.24. The topological polar surface area (TPSA) is 101 Å². The third-order valence-corrected chi connectivity index (χ3v) is 7.20. The van der Waals surface area contributed by atoms with Crippen molar-refractivity contribution >= 4 is 48.3 Å². The van der Waals surface area contributed by atoms with Crippen molar-refractivity contribution in [1.29, 1.82) is 0 Å². The summed E-state index contributed by atoms with van der Waals surface area (Å²) in [5.74, 6) is -0.0389. The van der Waals surface area contributed by atoms with Crippen LogP contribution in [-0.2, 0) is 21.2 Å². The third-order valence-electron chi connectivity index (χ3n) is 4.33. The molecule has 0 saturated heterocycles. The monoisotopic (exact) mass is 508 g/mol. The van der Waals surface area contributed by atoms with Crippen LogP contribution in [0, 0.1) is 0 Å². The number of nitrogens with one attached hydrogen (secondary N) is 2. The van der Waals surface area contributed by atoms with E-state index in [-0.39, 0.29) is 29.7 Å². The van der Waals surface area contributed by atoms with Crippen molar-refractivity contribution in [2.75, 3.05) is 11.9 Å². The first-order valence-electron chi connectivity index (χ1n) is 9.26. The highest BCUT2D eigenvalue weighted by molar-refractivity contribution is 9.10. The van der Waals surface area contributed by atoms with Crippen LogP contribution in [0.1, 0.15) is 29.8 Å². The van der Waals surface area contributed by atoms with E-state index in [0.717, 1.165) is 15.9 Å². The Morgan fingerprint density at radius 1 is 1.10 bits per heavy atom. The molecule has 0 spiro atoms. The van der Waals surface area contributed by atoms with E-state index < -0.39 is 10.0 Å². The van der Waals surface area contributed by atoms with E-state index in [0.29, 0.717) is 5.13 Å². The molecule has 2 N–H and O–H groups in total. The van der Waals surface area contributed by atoms with Crippen molar-refractivity contribution in [3.63, 3.8) is 0 Å². The molecule has 1 amide bonds. The minimum absolute atomic E-state index is 0.00884. The van der Waals surface area contributed by atoms with Crippen molar-refractivity contribution in [1.82, 2.24) is 14.9 Å². The van der Waals surface area contributed by atoms with Gasteiger partial charge in [0.25, 0.3) is 0 Å². The number of benzene rings is 2. The molecule has 158 valence electrons. The van der Waals surface area contributed by atoms with Crippen LogP contribution < -0.4 is 10.0 Å². The molecule has 0 aliphatic rings. The van der Waals surface area contributed by atoms with Crippen molar-refractivity contribution < 1.29 is 13.2 Å². The van der Waals surface area contributed by atoms with Crippen LogP contribution in [0.15, 0.2) is 64.0 Å². The second-order valence-corrected chi connectivity index (χ2v) is 10.4. The molecule has 3 aromatic rings. The van der Waals surface area contributed by atoms with Crippen LogP contribution in [0.4, 0.5) is 5.13 Å². The van der Waals surface area contributed by atoms with Crippen LogP contribution in [0.5, 0.6) is 0 Å². The minimum atomic E-state index is -3.66. The number of nitrogens with zero attached hydrogens (tertiary/aromatic N) is 2. The maximum Gasteiger partial charge on any atom is 0.240 e. The van der Waals surface area contributed by atoms with Gasteiger partial charge in [-0.3, -0.25) is 4.79 Å². The number of amides is 1. The first-order chi connectivity index (χ1) is 14.3. The van der Waals surface area contributed by atoms with Crippen molar-refractivity contribution in [3.8, 4) is 0 Å². The number of sulfonamides is 1. The van der Waals surface area contributed by atoms with Crippen molar-refractivity contribution in [3.05, 3.63) is 69.6 Å². The standard InChI is InChI=1S/C20H21BrN4O3S2/c1-14(15-5-3-2-4-6-15)13-19-24-25-20(29-19)23-18(26)11-12-22-30(27,28)17-9-7-16(21)8-10-17/h2-10,14,22H,11-13H2,1H3,(H,23,25,26). The molecule has 0 aliphatic heterocycles. The van der Waals surface area contributed by atoms with E-state index in [1.54, 1.807) is 12.1 Å². The molecule has 0 fully saturated rings. The Kier molecular flexibility index (Phi) is 7.70. The van der Waals surface area contributed by atoms with Gasteiger partial charge in [0, 0.05) is 23.9 Å². The van der Waals surface area contributed by atoms with Gasteiger partial charge in [-0.2, -0.15) is 0 Å². The van der Waals surface area contributed by atoms with Gasteiger partial charge in [0.2, 0.25) is 21.1 Å². The number of anilines is 1. The van der Waals surface area contributed by atoms with Crippen LogP contribution in [-0.4, -0.2) is 31.1 Å². The lowest BCUT2D eigenvalue weighted by Gasteiger charge is -2.08. The Bertz CT molecular complexity index is 1090. The first-order valence-corrected chi connectivity index (χ1v) is 12.3. The smallest absolute Gasteiger partial charge is 0.240 e.